The normalized spacial score (nSPS) is 15.4. The van der Waals surface area contributed by atoms with E-state index >= 15 is 0 Å². The maximum Gasteiger partial charge on any atom is 0.312 e. The molecule has 28 heavy (non-hydrogen) atoms. The number of carbonyl (C=O) groups excluding carboxylic acids is 2. The van der Waals surface area contributed by atoms with Crippen LogP contribution in [-0.2, 0) is 14.8 Å². The lowest BCUT2D eigenvalue weighted by Gasteiger charge is -2.34. The minimum absolute atomic E-state index is 0.0473. The standard InChI is InChI=1S/C19H30N4O4S/c1-15-7-8-17(14-16(15)2)28(26,27)23-12-10-22(11-13-23)18(24)6-4-3-5-9-21-19(20)25/h7-8,14H,3-6,9-13H2,1-2H3,(H3,20,21,25). The van der Waals surface area contributed by atoms with Crippen LogP contribution in [0.5, 0.6) is 0 Å². The minimum atomic E-state index is -3.53. The number of piperazine rings is 1. The molecule has 1 aromatic rings. The topological polar surface area (TPSA) is 113 Å². The summed E-state index contributed by atoms with van der Waals surface area (Å²) in [4.78, 5) is 24.9. The SMILES string of the molecule is Cc1ccc(S(=O)(=O)N2CCN(C(=O)CCCCCNC(N)=O)CC2)cc1C. The number of hydrogen-bond acceptors (Lipinski definition) is 4. The molecule has 0 aliphatic carbocycles. The van der Waals surface area contributed by atoms with Gasteiger partial charge in [-0.25, -0.2) is 13.2 Å². The van der Waals surface area contributed by atoms with Gasteiger partial charge < -0.3 is 16.0 Å². The van der Waals surface area contributed by atoms with Gasteiger partial charge in [-0.15, -0.1) is 0 Å². The molecule has 0 bridgehead atoms. The van der Waals surface area contributed by atoms with E-state index in [4.69, 9.17) is 5.73 Å². The van der Waals surface area contributed by atoms with Crippen molar-refractivity contribution in [3.05, 3.63) is 29.3 Å². The molecule has 0 atom stereocenters. The van der Waals surface area contributed by atoms with E-state index in [-0.39, 0.29) is 5.91 Å². The minimum Gasteiger partial charge on any atom is -0.352 e. The molecule has 2 rings (SSSR count). The number of benzene rings is 1. The Morgan fingerprint density at radius 3 is 2.32 bits per heavy atom. The molecular formula is C19H30N4O4S. The molecule has 9 heteroatoms. The van der Waals surface area contributed by atoms with Crippen LogP contribution < -0.4 is 11.1 Å². The summed E-state index contributed by atoms with van der Waals surface area (Å²) >= 11 is 0. The number of amides is 3. The average Bonchev–Trinajstić information content (AvgIpc) is 2.66. The van der Waals surface area contributed by atoms with E-state index in [9.17, 15) is 18.0 Å². The van der Waals surface area contributed by atoms with Crippen molar-refractivity contribution in [1.29, 1.82) is 0 Å². The van der Waals surface area contributed by atoms with Crippen molar-refractivity contribution in [3.8, 4) is 0 Å². The van der Waals surface area contributed by atoms with Gasteiger partial charge >= 0.3 is 6.03 Å². The summed E-state index contributed by atoms with van der Waals surface area (Å²) in [6.45, 7) is 5.79. The number of rotatable bonds is 8. The van der Waals surface area contributed by atoms with Crippen LogP contribution in [0.3, 0.4) is 0 Å². The van der Waals surface area contributed by atoms with Crippen molar-refractivity contribution in [2.24, 2.45) is 5.73 Å². The Morgan fingerprint density at radius 1 is 1.04 bits per heavy atom. The van der Waals surface area contributed by atoms with Crippen molar-refractivity contribution in [3.63, 3.8) is 0 Å². The Morgan fingerprint density at radius 2 is 1.71 bits per heavy atom. The number of primary amides is 1. The number of nitrogens with zero attached hydrogens (tertiary/aromatic N) is 2. The van der Waals surface area contributed by atoms with Gasteiger partial charge in [0.2, 0.25) is 15.9 Å². The fourth-order valence-corrected chi connectivity index (χ4v) is 4.66. The highest BCUT2D eigenvalue weighted by molar-refractivity contribution is 7.89. The van der Waals surface area contributed by atoms with Crippen molar-refractivity contribution >= 4 is 22.0 Å². The number of aryl methyl sites for hydroxylation is 2. The molecule has 3 amide bonds. The maximum atomic E-state index is 12.8. The molecule has 3 N–H and O–H groups in total. The smallest absolute Gasteiger partial charge is 0.312 e. The van der Waals surface area contributed by atoms with Gasteiger partial charge in [0.05, 0.1) is 4.90 Å². The van der Waals surface area contributed by atoms with Gasteiger partial charge in [0.25, 0.3) is 0 Å². The van der Waals surface area contributed by atoms with Crippen LogP contribution in [0.1, 0.15) is 36.8 Å². The molecule has 156 valence electrons. The van der Waals surface area contributed by atoms with Crippen molar-refractivity contribution < 1.29 is 18.0 Å². The molecule has 1 aliphatic rings. The van der Waals surface area contributed by atoms with E-state index in [0.29, 0.717) is 44.0 Å². The van der Waals surface area contributed by atoms with E-state index in [1.165, 1.54) is 4.31 Å². The summed E-state index contributed by atoms with van der Waals surface area (Å²) in [5.41, 5.74) is 6.99. The molecule has 0 saturated carbocycles. The average molecular weight is 411 g/mol. The van der Waals surface area contributed by atoms with Gasteiger partial charge in [0.1, 0.15) is 0 Å². The van der Waals surface area contributed by atoms with Crippen LogP contribution in [0.4, 0.5) is 4.79 Å². The first-order chi connectivity index (χ1) is 13.2. The lowest BCUT2D eigenvalue weighted by Crippen LogP contribution is -2.50. The highest BCUT2D eigenvalue weighted by Gasteiger charge is 2.30. The lowest BCUT2D eigenvalue weighted by molar-refractivity contribution is -0.132. The van der Waals surface area contributed by atoms with Crippen LogP contribution in [0.15, 0.2) is 23.1 Å². The zero-order valence-corrected chi connectivity index (χ0v) is 17.4. The summed E-state index contributed by atoms with van der Waals surface area (Å²) < 4.78 is 27.1. The molecule has 8 nitrogen and oxygen atoms in total. The van der Waals surface area contributed by atoms with E-state index in [2.05, 4.69) is 5.32 Å². The quantitative estimate of drug-likeness (QED) is 0.630. The van der Waals surface area contributed by atoms with Crippen molar-refractivity contribution in [2.75, 3.05) is 32.7 Å². The van der Waals surface area contributed by atoms with Gasteiger partial charge in [0, 0.05) is 39.1 Å². The summed E-state index contributed by atoms with van der Waals surface area (Å²) in [6.07, 6.45) is 2.77. The molecule has 1 aliphatic heterocycles. The van der Waals surface area contributed by atoms with Crippen molar-refractivity contribution in [1.82, 2.24) is 14.5 Å². The largest absolute Gasteiger partial charge is 0.352 e. The predicted molar refractivity (Wildman–Crippen MR) is 107 cm³/mol. The monoisotopic (exact) mass is 410 g/mol. The summed E-state index contributed by atoms with van der Waals surface area (Å²) in [5, 5.41) is 2.52. The van der Waals surface area contributed by atoms with Gasteiger partial charge in [-0.1, -0.05) is 12.5 Å². The van der Waals surface area contributed by atoms with Crippen LogP contribution in [0, 0.1) is 13.8 Å². The Kier molecular flexibility index (Phi) is 7.82. The summed E-state index contributed by atoms with van der Waals surface area (Å²) in [6, 6.07) is 4.63. The van der Waals surface area contributed by atoms with E-state index in [0.717, 1.165) is 30.4 Å². The van der Waals surface area contributed by atoms with Crippen LogP contribution in [0.2, 0.25) is 0 Å². The van der Waals surface area contributed by atoms with Gasteiger partial charge in [-0.2, -0.15) is 4.31 Å². The second-order valence-corrected chi connectivity index (χ2v) is 9.07. The fraction of sp³-hybridized carbons (Fsp3) is 0.579. The number of carbonyl (C=O) groups is 2. The third-order valence-electron chi connectivity index (χ3n) is 5.07. The molecule has 0 unspecified atom stereocenters. The Balaban J connectivity index is 1.79. The van der Waals surface area contributed by atoms with E-state index in [1.54, 1.807) is 17.0 Å². The second-order valence-electron chi connectivity index (χ2n) is 7.13. The molecule has 1 heterocycles. The number of unbranched alkanes of at least 4 members (excludes halogenated alkanes) is 2. The number of nitrogens with one attached hydrogen (secondary N) is 1. The van der Waals surface area contributed by atoms with Gasteiger partial charge in [-0.05, 0) is 49.9 Å². The molecule has 1 aromatic carbocycles. The number of hydrogen-bond donors (Lipinski definition) is 2. The van der Waals surface area contributed by atoms with E-state index < -0.39 is 16.1 Å². The Hall–Kier alpha value is -2.13. The molecule has 1 fully saturated rings. The molecule has 0 radical (unpaired) electrons. The molecule has 0 spiro atoms. The maximum absolute atomic E-state index is 12.8. The first-order valence-corrected chi connectivity index (χ1v) is 11.0. The molecule has 0 aromatic heterocycles. The lowest BCUT2D eigenvalue weighted by atomic mass is 10.1. The Bertz CT molecular complexity index is 802. The Labute approximate surface area is 167 Å². The highest BCUT2D eigenvalue weighted by atomic mass is 32.2. The van der Waals surface area contributed by atoms with Crippen LogP contribution in [-0.4, -0.2) is 62.3 Å². The molecular weight excluding hydrogens is 380 g/mol. The summed E-state index contributed by atoms with van der Waals surface area (Å²) in [5.74, 6) is 0.0473. The van der Waals surface area contributed by atoms with Gasteiger partial charge in [-0.3, -0.25) is 4.79 Å². The first-order valence-electron chi connectivity index (χ1n) is 9.60. The van der Waals surface area contributed by atoms with Gasteiger partial charge in [0.15, 0.2) is 0 Å². The van der Waals surface area contributed by atoms with Crippen molar-refractivity contribution in [2.45, 2.75) is 44.4 Å². The number of sulfonamides is 1. The summed E-state index contributed by atoms with van der Waals surface area (Å²) in [7, 11) is -3.53. The number of nitrogens with two attached hydrogens (primary N) is 1. The van der Waals surface area contributed by atoms with Crippen LogP contribution in [0.25, 0.3) is 0 Å². The number of urea groups is 1. The van der Waals surface area contributed by atoms with E-state index in [1.807, 2.05) is 19.9 Å². The first kappa shape index (κ1) is 22.2. The zero-order valence-electron chi connectivity index (χ0n) is 16.6. The van der Waals surface area contributed by atoms with Crippen LogP contribution >= 0.6 is 0 Å². The molecule has 1 saturated heterocycles. The fourth-order valence-electron chi connectivity index (χ4n) is 3.15. The zero-order chi connectivity index (χ0) is 20.7. The second kappa shape index (κ2) is 9.88. The predicted octanol–water partition coefficient (Wildman–Crippen LogP) is 1.37. The highest BCUT2D eigenvalue weighted by Crippen LogP contribution is 2.20. The third-order valence-corrected chi connectivity index (χ3v) is 6.97. The third kappa shape index (κ3) is 5.93.